The molecule has 1 N–H and O–H groups in total. The van der Waals surface area contributed by atoms with Crippen molar-refractivity contribution in [1.29, 1.82) is 0 Å². The molecule has 5 nitrogen and oxygen atoms in total. The van der Waals surface area contributed by atoms with Crippen molar-refractivity contribution in [2.45, 2.75) is 31.0 Å². The Morgan fingerprint density at radius 2 is 2.10 bits per heavy atom. The van der Waals surface area contributed by atoms with Gasteiger partial charge in [-0.05, 0) is 5.56 Å². The number of rotatable bonds is 5. The molecule has 1 heterocycles. The zero-order valence-corrected chi connectivity index (χ0v) is 13.2. The van der Waals surface area contributed by atoms with E-state index in [2.05, 4.69) is 22.6 Å². The predicted octanol–water partition coefficient (Wildman–Crippen LogP) is 1.31. The van der Waals surface area contributed by atoms with Crippen LogP contribution >= 0.6 is 22.6 Å². The molecule has 1 aliphatic rings. The Balaban J connectivity index is 2.04. The largest absolute Gasteiger partial charge is 0.467 e. The summed E-state index contributed by atoms with van der Waals surface area (Å²) < 4.78 is 16.5. The van der Waals surface area contributed by atoms with Crippen LogP contribution < -0.4 is 0 Å². The number of hydrogen-bond acceptors (Lipinski definition) is 5. The summed E-state index contributed by atoms with van der Waals surface area (Å²) in [6.45, 7) is 0.313. The van der Waals surface area contributed by atoms with E-state index >= 15 is 0 Å². The smallest absolute Gasteiger partial charge is 0.337 e. The van der Waals surface area contributed by atoms with E-state index in [0.29, 0.717) is 11.0 Å². The molecular weight excluding hydrogens is 375 g/mol. The Morgan fingerprint density at radius 1 is 1.40 bits per heavy atom. The van der Waals surface area contributed by atoms with Gasteiger partial charge in [-0.2, -0.15) is 0 Å². The van der Waals surface area contributed by atoms with Crippen LogP contribution in [-0.4, -0.2) is 47.0 Å². The summed E-state index contributed by atoms with van der Waals surface area (Å²) in [5.74, 6) is -0.519. The Kier molecular flexibility index (Phi) is 5.76. The normalized spacial score (nSPS) is 29.4. The van der Waals surface area contributed by atoms with E-state index in [9.17, 15) is 9.90 Å². The third-order valence-electron chi connectivity index (χ3n) is 3.21. The molecule has 1 aromatic carbocycles. The van der Waals surface area contributed by atoms with E-state index in [-0.39, 0.29) is 0 Å². The molecule has 0 unspecified atom stereocenters. The van der Waals surface area contributed by atoms with Gasteiger partial charge in [-0.1, -0.05) is 52.9 Å². The third kappa shape index (κ3) is 3.49. The second-order valence-corrected chi connectivity index (χ2v) is 5.41. The number of aliphatic hydroxyl groups is 1. The molecule has 6 heteroatoms. The number of methoxy groups -OCH3 is 1. The summed E-state index contributed by atoms with van der Waals surface area (Å²) in [5, 5.41) is 10.2. The van der Waals surface area contributed by atoms with Crippen LogP contribution in [0.2, 0.25) is 0 Å². The zero-order chi connectivity index (χ0) is 14.5. The van der Waals surface area contributed by atoms with Crippen molar-refractivity contribution >= 4 is 28.6 Å². The van der Waals surface area contributed by atoms with E-state index in [1.165, 1.54) is 7.11 Å². The molecule has 110 valence electrons. The fourth-order valence-electron chi connectivity index (χ4n) is 2.12. The molecule has 0 spiro atoms. The lowest BCUT2D eigenvalue weighted by atomic mass is 10.1. The van der Waals surface area contributed by atoms with Gasteiger partial charge in [-0.3, -0.25) is 0 Å². The highest BCUT2D eigenvalue weighted by atomic mass is 127. The summed E-state index contributed by atoms with van der Waals surface area (Å²) in [5.41, 5.74) is 0.973. The number of benzene rings is 1. The number of esters is 1. The minimum absolute atomic E-state index is 0.313. The van der Waals surface area contributed by atoms with Crippen molar-refractivity contribution in [2.75, 3.05) is 11.5 Å². The Morgan fingerprint density at radius 3 is 2.70 bits per heavy atom. The fraction of sp³-hybridized carbons (Fsp3) is 0.500. The highest BCUT2D eigenvalue weighted by Gasteiger charge is 2.48. The van der Waals surface area contributed by atoms with Crippen LogP contribution in [0.25, 0.3) is 0 Å². The van der Waals surface area contributed by atoms with Crippen molar-refractivity contribution < 1.29 is 24.1 Å². The summed E-state index contributed by atoms with van der Waals surface area (Å²) in [6.07, 6.45) is -2.83. The monoisotopic (exact) mass is 392 g/mol. The maximum absolute atomic E-state index is 11.7. The number of carbonyl (C=O) groups excluding carboxylic acids is 1. The van der Waals surface area contributed by atoms with Gasteiger partial charge in [0.05, 0.1) is 19.8 Å². The van der Waals surface area contributed by atoms with Gasteiger partial charge in [-0.15, -0.1) is 0 Å². The molecule has 1 saturated heterocycles. The zero-order valence-electron chi connectivity index (χ0n) is 11.1. The molecule has 1 fully saturated rings. The Labute approximate surface area is 131 Å². The highest BCUT2D eigenvalue weighted by Crippen LogP contribution is 2.27. The SMILES string of the molecule is COC(=O)[C@H]1O[C@H](CI)[C@@H](O)[C@@H]1OCc1ccccc1. The van der Waals surface area contributed by atoms with Gasteiger partial charge in [0.1, 0.15) is 12.2 Å². The van der Waals surface area contributed by atoms with Gasteiger partial charge in [0.25, 0.3) is 0 Å². The number of alkyl halides is 1. The van der Waals surface area contributed by atoms with Crippen molar-refractivity contribution in [3.8, 4) is 0 Å². The summed E-state index contributed by atoms with van der Waals surface area (Å²) in [7, 11) is 1.30. The Hall–Kier alpha value is -0.700. The van der Waals surface area contributed by atoms with Crippen molar-refractivity contribution in [2.24, 2.45) is 0 Å². The quantitative estimate of drug-likeness (QED) is 0.465. The molecule has 1 aliphatic heterocycles. The van der Waals surface area contributed by atoms with E-state index in [1.54, 1.807) is 0 Å². The lowest BCUT2D eigenvalue weighted by molar-refractivity contribution is -0.159. The molecule has 1 aromatic rings. The topological polar surface area (TPSA) is 65.0 Å². The first-order valence-electron chi connectivity index (χ1n) is 6.30. The van der Waals surface area contributed by atoms with Crippen molar-refractivity contribution in [3.63, 3.8) is 0 Å². The summed E-state index contributed by atoms with van der Waals surface area (Å²) in [4.78, 5) is 11.7. The number of hydrogen-bond donors (Lipinski definition) is 1. The lowest BCUT2D eigenvalue weighted by Gasteiger charge is -2.19. The predicted molar refractivity (Wildman–Crippen MR) is 80.6 cm³/mol. The molecule has 0 amide bonds. The average molecular weight is 392 g/mol. The van der Waals surface area contributed by atoms with Gasteiger partial charge in [0, 0.05) is 4.43 Å². The van der Waals surface area contributed by atoms with Crippen molar-refractivity contribution in [1.82, 2.24) is 0 Å². The number of halogens is 1. The third-order valence-corrected chi connectivity index (χ3v) is 4.08. The van der Waals surface area contributed by atoms with Crippen LogP contribution in [-0.2, 0) is 25.6 Å². The van der Waals surface area contributed by atoms with Gasteiger partial charge < -0.3 is 19.3 Å². The minimum atomic E-state index is -0.876. The minimum Gasteiger partial charge on any atom is -0.467 e. The van der Waals surface area contributed by atoms with Gasteiger partial charge >= 0.3 is 5.97 Å². The number of carbonyl (C=O) groups is 1. The van der Waals surface area contributed by atoms with Crippen LogP contribution in [0.4, 0.5) is 0 Å². The van der Waals surface area contributed by atoms with Crippen LogP contribution in [0.1, 0.15) is 5.56 Å². The summed E-state index contributed by atoms with van der Waals surface area (Å²) in [6, 6.07) is 9.58. The molecule has 0 aliphatic carbocycles. The Bertz CT molecular complexity index is 438. The van der Waals surface area contributed by atoms with Crippen LogP contribution in [0.15, 0.2) is 30.3 Å². The molecule has 0 bridgehead atoms. The second-order valence-electron chi connectivity index (χ2n) is 4.52. The van der Waals surface area contributed by atoms with Crippen LogP contribution in [0, 0.1) is 0 Å². The van der Waals surface area contributed by atoms with Gasteiger partial charge in [0.15, 0.2) is 6.10 Å². The first-order chi connectivity index (χ1) is 9.67. The van der Waals surface area contributed by atoms with E-state index in [1.807, 2.05) is 30.3 Å². The molecule has 20 heavy (non-hydrogen) atoms. The molecule has 0 radical (unpaired) electrons. The molecule has 0 saturated carbocycles. The van der Waals surface area contributed by atoms with E-state index < -0.39 is 30.4 Å². The molecule has 0 aromatic heterocycles. The van der Waals surface area contributed by atoms with Crippen LogP contribution in [0.3, 0.4) is 0 Å². The first-order valence-corrected chi connectivity index (χ1v) is 7.82. The standard InChI is InChI=1S/C14H17IO5/c1-18-14(17)13-12(11(16)10(7-15)20-13)19-8-9-5-3-2-4-6-9/h2-6,10-13,16H,7-8H2,1H3/t10-,11-,12+,13+/m1/s1. The molecule has 2 rings (SSSR count). The summed E-state index contributed by atoms with van der Waals surface area (Å²) >= 11 is 2.11. The molecular formula is C14H17IO5. The highest BCUT2D eigenvalue weighted by molar-refractivity contribution is 14.1. The fourth-order valence-corrected chi connectivity index (χ4v) is 2.85. The maximum atomic E-state index is 11.7. The van der Waals surface area contributed by atoms with E-state index in [4.69, 9.17) is 14.2 Å². The number of aliphatic hydroxyl groups excluding tert-OH is 1. The number of ether oxygens (including phenoxy) is 3. The van der Waals surface area contributed by atoms with Gasteiger partial charge in [0.2, 0.25) is 0 Å². The van der Waals surface area contributed by atoms with Crippen LogP contribution in [0.5, 0.6) is 0 Å². The van der Waals surface area contributed by atoms with Crippen molar-refractivity contribution in [3.05, 3.63) is 35.9 Å². The average Bonchev–Trinajstić information content (AvgIpc) is 2.81. The first kappa shape index (κ1) is 15.7. The second kappa shape index (κ2) is 7.35. The molecule has 4 atom stereocenters. The van der Waals surface area contributed by atoms with E-state index in [0.717, 1.165) is 5.56 Å². The maximum Gasteiger partial charge on any atom is 0.337 e. The lowest BCUT2D eigenvalue weighted by Crippen LogP contribution is -2.39. The van der Waals surface area contributed by atoms with Gasteiger partial charge in [-0.25, -0.2) is 4.79 Å².